The van der Waals surface area contributed by atoms with E-state index in [-0.39, 0.29) is 11.8 Å². The van der Waals surface area contributed by atoms with E-state index < -0.39 is 17.6 Å². The Morgan fingerprint density at radius 3 is 2.56 bits per heavy atom. The molecular formula is C13H15F4N. The lowest BCUT2D eigenvalue weighted by molar-refractivity contribution is -0.137. The number of hydrogen-bond acceptors (Lipinski definition) is 1. The van der Waals surface area contributed by atoms with Gasteiger partial charge in [-0.25, -0.2) is 4.39 Å². The zero-order chi connectivity index (χ0) is 13.3. The van der Waals surface area contributed by atoms with Crippen LogP contribution >= 0.6 is 0 Å². The Labute approximate surface area is 103 Å². The fraction of sp³-hybridized carbons (Fsp3) is 0.538. The highest BCUT2D eigenvalue weighted by molar-refractivity contribution is 5.29. The summed E-state index contributed by atoms with van der Waals surface area (Å²) in [7, 11) is 0. The van der Waals surface area contributed by atoms with Crippen LogP contribution in [0.25, 0.3) is 0 Å². The third-order valence-electron chi connectivity index (χ3n) is 3.51. The second kappa shape index (κ2) is 4.88. The average Bonchev–Trinajstić information content (AvgIpc) is 2.29. The van der Waals surface area contributed by atoms with Gasteiger partial charge in [0.25, 0.3) is 0 Å². The normalized spacial score (nSPS) is 25.2. The minimum absolute atomic E-state index is 0.00599. The highest BCUT2D eigenvalue weighted by Crippen LogP contribution is 2.35. The molecule has 0 amide bonds. The monoisotopic (exact) mass is 261 g/mol. The zero-order valence-corrected chi connectivity index (χ0v) is 10.0. The Kier molecular flexibility index (Phi) is 3.61. The molecule has 0 bridgehead atoms. The third-order valence-corrected chi connectivity index (χ3v) is 3.51. The molecule has 1 nitrogen and oxygen atoms in total. The summed E-state index contributed by atoms with van der Waals surface area (Å²) in [6, 6.07) is 2.85. The van der Waals surface area contributed by atoms with Crippen molar-refractivity contribution in [2.24, 2.45) is 5.92 Å². The molecule has 18 heavy (non-hydrogen) atoms. The first-order chi connectivity index (χ1) is 8.39. The predicted molar refractivity (Wildman–Crippen MR) is 60.8 cm³/mol. The fourth-order valence-electron chi connectivity index (χ4n) is 2.48. The molecule has 5 heteroatoms. The molecular weight excluding hydrogens is 246 g/mol. The highest BCUT2D eigenvalue weighted by atomic mass is 19.4. The van der Waals surface area contributed by atoms with Crippen molar-refractivity contribution in [1.29, 1.82) is 0 Å². The van der Waals surface area contributed by atoms with Gasteiger partial charge >= 0.3 is 6.18 Å². The van der Waals surface area contributed by atoms with Gasteiger partial charge in [0.05, 0.1) is 5.56 Å². The molecule has 1 aliphatic rings. The van der Waals surface area contributed by atoms with E-state index in [0.29, 0.717) is 11.6 Å². The van der Waals surface area contributed by atoms with E-state index in [4.69, 9.17) is 0 Å². The summed E-state index contributed by atoms with van der Waals surface area (Å²) in [4.78, 5) is 0. The number of benzene rings is 1. The van der Waals surface area contributed by atoms with Crippen LogP contribution < -0.4 is 5.32 Å². The quantitative estimate of drug-likeness (QED) is 0.762. The second-order valence-corrected chi connectivity index (χ2v) is 4.81. The van der Waals surface area contributed by atoms with E-state index in [9.17, 15) is 17.6 Å². The van der Waals surface area contributed by atoms with Crippen molar-refractivity contribution in [3.8, 4) is 0 Å². The number of piperidine rings is 1. The lowest BCUT2D eigenvalue weighted by Crippen LogP contribution is -2.34. The van der Waals surface area contributed by atoms with Crippen molar-refractivity contribution in [3.63, 3.8) is 0 Å². The number of halogens is 4. The van der Waals surface area contributed by atoms with Crippen LogP contribution in [0.4, 0.5) is 17.6 Å². The van der Waals surface area contributed by atoms with Gasteiger partial charge in [-0.2, -0.15) is 13.2 Å². The lowest BCUT2D eigenvalue weighted by atomic mass is 9.82. The van der Waals surface area contributed by atoms with Gasteiger partial charge in [0.2, 0.25) is 0 Å². The summed E-state index contributed by atoms with van der Waals surface area (Å²) in [5.41, 5.74) is -0.526. The van der Waals surface area contributed by atoms with Gasteiger partial charge in [-0.3, -0.25) is 0 Å². The summed E-state index contributed by atoms with van der Waals surface area (Å²) < 4.78 is 51.1. The Morgan fingerprint density at radius 2 is 2.00 bits per heavy atom. The van der Waals surface area contributed by atoms with Crippen molar-refractivity contribution < 1.29 is 17.6 Å². The van der Waals surface area contributed by atoms with Gasteiger partial charge in [-0.1, -0.05) is 13.0 Å². The molecule has 1 saturated heterocycles. The molecule has 1 fully saturated rings. The molecule has 0 aliphatic carbocycles. The molecule has 1 N–H and O–H groups in total. The number of nitrogens with one attached hydrogen (secondary N) is 1. The Morgan fingerprint density at radius 1 is 1.28 bits per heavy atom. The van der Waals surface area contributed by atoms with Gasteiger partial charge < -0.3 is 5.32 Å². The van der Waals surface area contributed by atoms with Crippen molar-refractivity contribution >= 4 is 0 Å². The van der Waals surface area contributed by atoms with Crippen molar-refractivity contribution in [3.05, 3.63) is 35.1 Å². The Hall–Kier alpha value is -1.10. The van der Waals surface area contributed by atoms with Crippen molar-refractivity contribution in [2.45, 2.75) is 25.4 Å². The molecule has 0 spiro atoms. The van der Waals surface area contributed by atoms with E-state index in [2.05, 4.69) is 5.32 Å². The first-order valence-corrected chi connectivity index (χ1v) is 5.97. The topological polar surface area (TPSA) is 12.0 Å². The lowest BCUT2D eigenvalue weighted by Gasteiger charge is -2.30. The van der Waals surface area contributed by atoms with Crippen LogP contribution in [0.2, 0.25) is 0 Å². The Balaban J connectivity index is 2.29. The van der Waals surface area contributed by atoms with Crippen LogP contribution in [0, 0.1) is 11.7 Å². The van der Waals surface area contributed by atoms with Crippen LogP contribution in [-0.4, -0.2) is 13.1 Å². The third kappa shape index (κ3) is 2.66. The molecule has 1 heterocycles. The molecule has 100 valence electrons. The van der Waals surface area contributed by atoms with E-state index in [1.807, 2.05) is 6.92 Å². The summed E-state index contributed by atoms with van der Waals surface area (Å²) >= 11 is 0. The second-order valence-electron chi connectivity index (χ2n) is 4.81. The minimum Gasteiger partial charge on any atom is -0.316 e. The zero-order valence-electron chi connectivity index (χ0n) is 10.0. The fourth-order valence-corrected chi connectivity index (χ4v) is 2.48. The first-order valence-electron chi connectivity index (χ1n) is 5.97. The summed E-state index contributed by atoms with van der Waals surface area (Å²) in [6.45, 7) is 3.52. The minimum atomic E-state index is -4.49. The Bertz CT molecular complexity index is 427. The maximum absolute atomic E-state index is 13.8. The highest BCUT2D eigenvalue weighted by Gasteiger charge is 2.32. The largest absolute Gasteiger partial charge is 0.416 e. The summed E-state index contributed by atoms with van der Waals surface area (Å²) in [5, 5.41) is 3.19. The summed E-state index contributed by atoms with van der Waals surface area (Å²) in [5.74, 6) is -0.526. The maximum Gasteiger partial charge on any atom is 0.416 e. The molecule has 1 aromatic carbocycles. The first kappa shape index (κ1) is 13.3. The van der Waals surface area contributed by atoms with E-state index in [1.54, 1.807) is 0 Å². The maximum atomic E-state index is 13.8. The van der Waals surface area contributed by atoms with Gasteiger partial charge in [-0.15, -0.1) is 0 Å². The number of alkyl halides is 3. The number of rotatable bonds is 1. The number of hydrogen-bond donors (Lipinski definition) is 1. The van der Waals surface area contributed by atoms with Crippen molar-refractivity contribution in [1.82, 2.24) is 5.32 Å². The molecule has 0 saturated carbocycles. The van der Waals surface area contributed by atoms with E-state index in [0.717, 1.165) is 25.6 Å². The van der Waals surface area contributed by atoms with Gasteiger partial charge in [-0.05, 0) is 49.0 Å². The molecule has 0 unspecified atom stereocenters. The van der Waals surface area contributed by atoms with E-state index >= 15 is 0 Å². The predicted octanol–water partition coefficient (Wildman–Crippen LogP) is 3.56. The van der Waals surface area contributed by atoms with Gasteiger partial charge in [0.1, 0.15) is 5.82 Å². The van der Waals surface area contributed by atoms with Crippen molar-refractivity contribution in [2.75, 3.05) is 13.1 Å². The van der Waals surface area contributed by atoms with Crippen LogP contribution in [0.15, 0.2) is 18.2 Å². The molecule has 2 atom stereocenters. The molecule has 1 aliphatic heterocycles. The SMILES string of the molecule is C[C@H]1CNCC[C@H]1c1ccc(C(F)(F)F)cc1F. The van der Waals surface area contributed by atoms with E-state index in [1.165, 1.54) is 6.07 Å². The molecule has 0 radical (unpaired) electrons. The molecule has 0 aromatic heterocycles. The van der Waals surface area contributed by atoms with Crippen LogP contribution in [0.1, 0.15) is 30.4 Å². The smallest absolute Gasteiger partial charge is 0.316 e. The molecule has 2 rings (SSSR count). The van der Waals surface area contributed by atoms with Gasteiger partial charge in [0.15, 0.2) is 0 Å². The van der Waals surface area contributed by atoms with Crippen LogP contribution in [0.3, 0.4) is 0 Å². The van der Waals surface area contributed by atoms with Gasteiger partial charge in [0, 0.05) is 0 Å². The standard InChI is InChI=1S/C13H15F4N/c1-8-7-18-5-4-10(8)11-3-2-9(6-12(11)14)13(15,16)17/h2-3,6,8,10,18H,4-5,7H2,1H3/t8-,10+/m0/s1. The molecule has 1 aromatic rings. The average molecular weight is 261 g/mol. The van der Waals surface area contributed by atoms with Crippen LogP contribution in [-0.2, 0) is 6.18 Å². The van der Waals surface area contributed by atoms with Crippen LogP contribution in [0.5, 0.6) is 0 Å². The summed E-state index contributed by atoms with van der Waals surface area (Å²) in [6.07, 6.45) is -3.73.